The van der Waals surface area contributed by atoms with Gasteiger partial charge in [-0.15, -0.1) is 0 Å². The number of benzene rings is 5. The van der Waals surface area contributed by atoms with Gasteiger partial charge in [0, 0.05) is 22.3 Å². The smallest absolute Gasteiger partial charge is 0.402 e. The Labute approximate surface area is 273 Å². The standard InChI is InChI=1S/C30H26O14P4/c31-45(32,33)43-47(37,38)41-29-25(21-13-5-1-6-14-21)26(22-15-7-2-8-16-22)30(42-48(39,40)44-46(34,35)36)28(24-19-11-4-12-20-24)27(29)23-17-9-3-10-18-23/h1-20H,(H,37,38)(H,39,40)(H2,31,32,33)(H2,34,35,36). The molecule has 0 aliphatic rings. The minimum absolute atomic E-state index is 0.102. The Kier molecular flexibility index (Phi) is 10.4. The lowest BCUT2D eigenvalue weighted by molar-refractivity contribution is 0.225. The second kappa shape index (κ2) is 14.0. The monoisotopic (exact) mass is 734 g/mol. The predicted molar refractivity (Wildman–Crippen MR) is 175 cm³/mol. The summed E-state index contributed by atoms with van der Waals surface area (Å²) >= 11 is 0. The van der Waals surface area contributed by atoms with Crippen molar-refractivity contribution in [2.45, 2.75) is 0 Å². The molecule has 0 saturated carbocycles. The Morgan fingerprint density at radius 2 is 0.562 bits per heavy atom. The normalized spacial score (nSPS) is 14.5. The third kappa shape index (κ3) is 8.85. The van der Waals surface area contributed by atoms with Crippen LogP contribution in [0.25, 0.3) is 44.5 Å². The molecular weight excluding hydrogens is 708 g/mol. The van der Waals surface area contributed by atoms with Gasteiger partial charge in [-0.1, -0.05) is 121 Å². The Balaban J connectivity index is 2.07. The molecule has 5 rings (SSSR count). The van der Waals surface area contributed by atoms with E-state index in [2.05, 4.69) is 8.62 Å². The predicted octanol–water partition coefficient (Wildman–Crippen LogP) is 7.53. The van der Waals surface area contributed by atoms with Crippen molar-refractivity contribution in [2.24, 2.45) is 0 Å². The molecule has 0 aromatic heterocycles. The van der Waals surface area contributed by atoms with Crippen LogP contribution < -0.4 is 9.05 Å². The number of hydrogen-bond donors (Lipinski definition) is 6. The second-order valence-corrected chi connectivity index (χ2v) is 15.4. The van der Waals surface area contributed by atoms with E-state index in [1.165, 1.54) is 0 Å². The third-order valence-electron chi connectivity index (χ3n) is 6.49. The van der Waals surface area contributed by atoms with E-state index in [4.69, 9.17) is 9.05 Å². The summed E-state index contributed by atoms with van der Waals surface area (Å²) in [6.45, 7) is 0. The van der Waals surface area contributed by atoms with E-state index in [1.54, 1.807) is 121 Å². The summed E-state index contributed by atoms with van der Waals surface area (Å²) in [6, 6.07) is 31.8. The third-order valence-corrected chi connectivity index (χ3v) is 10.7. The van der Waals surface area contributed by atoms with E-state index >= 15 is 0 Å². The summed E-state index contributed by atoms with van der Waals surface area (Å²) in [5.74, 6) is -0.944. The molecule has 0 saturated heterocycles. The van der Waals surface area contributed by atoms with Gasteiger partial charge in [0.15, 0.2) is 0 Å². The minimum Gasteiger partial charge on any atom is -0.402 e. The Bertz CT molecular complexity index is 1850. The summed E-state index contributed by atoms with van der Waals surface area (Å²) in [4.78, 5) is 59.3. The average Bonchev–Trinajstić information content (AvgIpc) is 3.00. The molecule has 6 N–H and O–H groups in total. The van der Waals surface area contributed by atoms with Crippen LogP contribution in [0.15, 0.2) is 121 Å². The van der Waals surface area contributed by atoms with Gasteiger partial charge >= 0.3 is 31.3 Å². The van der Waals surface area contributed by atoms with Gasteiger partial charge in [0.1, 0.15) is 11.5 Å². The molecule has 0 aliphatic carbocycles. The molecule has 0 bridgehead atoms. The first kappa shape index (κ1) is 35.6. The van der Waals surface area contributed by atoms with Crippen molar-refractivity contribution in [1.29, 1.82) is 0 Å². The topological polar surface area (TPSA) is 227 Å². The van der Waals surface area contributed by atoms with E-state index < -0.39 is 42.8 Å². The highest BCUT2D eigenvalue weighted by Gasteiger charge is 2.41. The highest BCUT2D eigenvalue weighted by atomic mass is 31.3. The lowest BCUT2D eigenvalue weighted by atomic mass is 9.83. The molecular formula is C30H26O14P4. The largest absolute Gasteiger partial charge is 0.536 e. The highest BCUT2D eigenvalue weighted by molar-refractivity contribution is 7.61. The molecule has 2 atom stereocenters. The van der Waals surface area contributed by atoms with E-state index in [0.29, 0.717) is 0 Å². The number of phosphoric ester groups is 2. The van der Waals surface area contributed by atoms with Gasteiger partial charge in [-0.3, -0.25) is 9.79 Å². The lowest BCUT2D eigenvalue weighted by Crippen LogP contribution is -2.06. The lowest BCUT2D eigenvalue weighted by Gasteiger charge is -2.28. The molecule has 0 amide bonds. The maximum Gasteiger partial charge on any atom is 0.536 e. The first-order chi connectivity index (χ1) is 22.5. The van der Waals surface area contributed by atoms with Crippen molar-refractivity contribution in [3.8, 4) is 56.0 Å². The zero-order valence-electron chi connectivity index (χ0n) is 24.3. The Morgan fingerprint density at radius 3 is 0.750 bits per heavy atom. The second-order valence-electron chi connectivity index (χ2n) is 9.89. The Morgan fingerprint density at radius 1 is 0.354 bits per heavy atom. The van der Waals surface area contributed by atoms with Crippen LogP contribution in [0.1, 0.15) is 0 Å². The van der Waals surface area contributed by atoms with Crippen molar-refractivity contribution in [3.63, 3.8) is 0 Å². The van der Waals surface area contributed by atoms with Gasteiger partial charge < -0.3 is 28.6 Å². The Hall–Kier alpha value is -3.70. The van der Waals surface area contributed by atoms with Gasteiger partial charge in [-0.2, -0.15) is 8.62 Å². The zero-order chi connectivity index (χ0) is 34.7. The summed E-state index contributed by atoms with van der Waals surface area (Å²) in [5.41, 5.74) is 0.566. The van der Waals surface area contributed by atoms with Gasteiger partial charge in [0.05, 0.1) is 0 Å². The number of hydrogen-bond acceptors (Lipinski definition) is 8. The van der Waals surface area contributed by atoms with Crippen LogP contribution >= 0.6 is 31.3 Å². The fraction of sp³-hybridized carbons (Fsp3) is 0. The molecule has 0 radical (unpaired) electrons. The first-order valence-corrected chi connectivity index (χ1v) is 19.6. The molecule has 250 valence electrons. The van der Waals surface area contributed by atoms with Crippen molar-refractivity contribution in [1.82, 2.24) is 0 Å². The molecule has 14 nitrogen and oxygen atoms in total. The molecule has 0 spiro atoms. The van der Waals surface area contributed by atoms with Crippen LogP contribution in [0.2, 0.25) is 0 Å². The van der Waals surface area contributed by atoms with Gasteiger partial charge in [-0.25, -0.2) is 18.3 Å². The highest BCUT2D eigenvalue weighted by Crippen LogP contribution is 2.66. The molecule has 18 heteroatoms. The van der Waals surface area contributed by atoms with Gasteiger partial charge in [0.25, 0.3) is 0 Å². The number of phosphoric acid groups is 4. The summed E-state index contributed by atoms with van der Waals surface area (Å²) < 4.78 is 69.7. The number of rotatable bonds is 12. The maximum absolute atomic E-state index is 13.3. The molecule has 5 aromatic carbocycles. The molecule has 0 aliphatic heterocycles. The van der Waals surface area contributed by atoms with E-state index in [9.17, 15) is 47.6 Å². The fourth-order valence-corrected chi connectivity index (χ4v) is 8.18. The summed E-state index contributed by atoms with van der Waals surface area (Å²) in [6.07, 6.45) is 0. The minimum atomic E-state index is -5.67. The average molecular weight is 734 g/mol. The van der Waals surface area contributed by atoms with E-state index in [1.807, 2.05) is 0 Å². The van der Waals surface area contributed by atoms with Crippen molar-refractivity contribution in [2.75, 3.05) is 0 Å². The van der Waals surface area contributed by atoms with Crippen molar-refractivity contribution < 1.29 is 65.3 Å². The van der Waals surface area contributed by atoms with E-state index in [-0.39, 0.29) is 44.5 Å². The van der Waals surface area contributed by atoms with Gasteiger partial charge in [-0.05, 0) is 22.3 Å². The van der Waals surface area contributed by atoms with Crippen LogP contribution in [0.3, 0.4) is 0 Å². The summed E-state index contributed by atoms with van der Waals surface area (Å²) in [5, 5.41) is 0. The molecule has 5 aromatic rings. The molecule has 0 fully saturated rings. The van der Waals surface area contributed by atoms with E-state index in [0.717, 1.165) is 0 Å². The van der Waals surface area contributed by atoms with Crippen LogP contribution in [0.5, 0.6) is 11.5 Å². The summed E-state index contributed by atoms with van der Waals surface area (Å²) in [7, 11) is -22.6. The molecule has 2 unspecified atom stereocenters. The van der Waals surface area contributed by atoms with Gasteiger partial charge in [0.2, 0.25) is 0 Å². The molecule has 0 heterocycles. The zero-order valence-corrected chi connectivity index (χ0v) is 27.9. The van der Waals surface area contributed by atoms with Crippen molar-refractivity contribution in [3.05, 3.63) is 121 Å². The maximum atomic E-state index is 13.3. The van der Waals surface area contributed by atoms with Crippen molar-refractivity contribution >= 4 is 31.3 Å². The van der Waals surface area contributed by atoms with Crippen LogP contribution in [-0.2, 0) is 26.9 Å². The first-order valence-electron chi connectivity index (χ1n) is 13.6. The van der Waals surface area contributed by atoms with Crippen LogP contribution in [0, 0.1) is 0 Å². The van der Waals surface area contributed by atoms with Crippen LogP contribution in [-0.4, -0.2) is 29.4 Å². The quantitative estimate of drug-likeness (QED) is 0.0681. The van der Waals surface area contributed by atoms with Crippen LogP contribution in [0.4, 0.5) is 0 Å². The fourth-order valence-electron chi connectivity index (χ4n) is 4.94. The SMILES string of the molecule is O=P(O)(O)OP(=O)(O)Oc1c(-c2ccccc2)c(-c2ccccc2)c(OP(=O)(O)OP(=O)(O)O)c(-c2ccccc2)c1-c1ccccc1. The molecule has 48 heavy (non-hydrogen) atoms.